The van der Waals surface area contributed by atoms with E-state index in [4.69, 9.17) is 0 Å². The monoisotopic (exact) mass is 237 g/mol. The molecule has 0 aliphatic rings. The van der Waals surface area contributed by atoms with Crippen molar-refractivity contribution in [3.8, 4) is 0 Å². The van der Waals surface area contributed by atoms with Gasteiger partial charge in [0, 0.05) is 31.9 Å². The van der Waals surface area contributed by atoms with Crippen molar-refractivity contribution in [1.82, 2.24) is 15.2 Å². The predicted molar refractivity (Wildman–Crippen MR) is 66.9 cm³/mol. The lowest BCUT2D eigenvalue weighted by atomic mass is 10.4. The average Bonchev–Trinajstić information content (AvgIpc) is 2.34. The van der Waals surface area contributed by atoms with Crippen LogP contribution in [0.5, 0.6) is 0 Å². The number of nitrogens with one attached hydrogen (secondary N) is 2. The lowest BCUT2D eigenvalue weighted by molar-refractivity contribution is -0.120. The van der Waals surface area contributed by atoms with E-state index in [1.54, 1.807) is 16.8 Å². The first kappa shape index (κ1) is 13.4. The Morgan fingerprint density at radius 2 is 2.18 bits per heavy atom. The third-order valence-corrected chi connectivity index (χ3v) is 2.29. The average molecular weight is 237 g/mol. The molecule has 0 aromatic carbocycles. The van der Waals surface area contributed by atoms with Gasteiger partial charge in [-0.3, -0.25) is 9.59 Å². The molecule has 1 amide bonds. The van der Waals surface area contributed by atoms with Crippen LogP contribution in [0, 0.1) is 0 Å². The smallest absolute Gasteiger partial charge is 0.250 e. The van der Waals surface area contributed by atoms with E-state index in [2.05, 4.69) is 10.6 Å². The first-order valence-electron chi connectivity index (χ1n) is 5.87. The highest BCUT2D eigenvalue weighted by molar-refractivity contribution is 5.77. The fraction of sp³-hybridized carbons (Fsp3) is 0.500. The molecular weight excluding hydrogens is 218 g/mol. The molecule has 1 aromatic rings. The number of hydrogen-bond acceptors (Lipinski definition) is 3. The SMILES string of the molecule is CCCNC(=O)CNCCn1ccccc1=O. The van der Waals surface area contributed by atoms with Gasteiger partial charge in [0.25, 0.3) is 5.56 Å². The van der Waals surface area contributed by atoms with Crippen LogP contribution in [0.25, 0.3) is 0 Å². The summed E-state index contributed by atoms with van der Waals surface area (Å²) in [5.41, 5.74) is -0.0234. The first-order valence-corrected chi connectivity index (χ1v) is 5.87. The molecule has 0 radical (unpaired) electrons. The number of carbonyl (C=O) groups is 1. The van der Waals surface area contributed by atoms with Crippen molar-refractivity contribution in [3.63, 3.8) is 0 Å². The summed E-state index contributed by atoms with van der Waals surface area (Å²) in [5, 5.41) is 5.77. The maximum absolute atomic E-state index is 11.3. The Morgan fingerprint density at radius 3 is 2.88 bits per heavy atom. The van der Waals surface area contributed by atoms with Gasteiger partial charge in [-0.25, -0.2) is 0 Å². The second kappa shape index (κ2) is 7.62. The molecule has 17 heavy (non-hydrogen) atoms. The maximum Gasteiger partial charge on any atom is 0.250 e. The van der Waals surface area contributed by atoms with Crippen molar-refractivity contribution >= 4 is 5.91 Å². The Kier molecular flexibility index (Phi) is 6.03. The molecule has 1 aromatic heterocycles. The number of rotatable bonds is 7. The molecule has 0 unspecified atom stereocenters. The van der Waals surface area contributed by atoms with Crippen molar-refractivity contribution in [2.75, 3.05) is 19.6 Å². The Labute approximate surface area is 101 Å². The molecule has 1 heterocycles. The largest absolute Gasteiger partial charge is 0.355 e. The van der Waals surface area contributed by atoms with Crippen LogP contribution < -0.4 is 16.2 Å². The van der Waals surface area contributed by atoms with Gasteiger partial charge < -0.3 is 15.2 Å². The van der Waals surface area contributed by atoms with Gasteiger partial charge in [-0.15, -0.1) is 0 Å². The lowest BCUT2D eigenvalue weighted by Gasteiger charge is -2.07. The number of hydrogen-bond donors (Lipinski definition) is 2. The molecule has 0 bridgehead atoms. The molecule has 0 saturated carbocycles. The normalized spacial score (nSPS) is 10.2. The summed E-state index contributed by atoms with van der Waals surface area (Å²) in [6, 6.07) is 5.05. The number of nitrogens with zero attached hydrogens (tertiary/aromatic N) is 1. The van der Waals surface area contributed by atoms with Gasteiger partial charge in [0.05, 0.1) is 6.54 Å². The molecule has 0 aliphatic heterocycles. The van der Waals surface area contributed by atoms with Gasteiger partial charge in [0.15, 0.2) is 0 Å². The quantitative estimate of drug-likeness (QED) is 0.654. The standard InChI is InChI=1S/C12H19N3O2/c1-2-6-14-11(16)10-13-7-9-15-8-4-3-5-12(15)17/h3-5,8,13H,2,6-7,9-10H2,1H3,(H,14,16). The molecule has 2 N–H and O–H groups in total. The van der Waals surface area contributed by atoms with Crippen LogP contribution in [-0.4, -0.2) is 30.1 Å². The summed E-state index contributed by atoms with van der Waals surface area (Å²) in [5.74, 6) is -0.00717. The van der Waals surface area contributed by atoms with Crippen molar-refractivity contribution < 1.29 is 4.79 Å². The van der Waals surface area contributed by atoms with Crippen molar-refractivity contribution in [2.45, 2.75) is 19.9 Å². The lowest BCUT2D eigenvalue weighted by Crippen LogP contribution is -2.36. The van der Waals surface area contributed by atoms with Gasteiger partial charge in [-0.1, -0.05) is 13.0 Å². The van der Waals surface area contributed by atoms with E-state index < -0.39 is 0 Å². The Balaban J connectivity index is 2.18. The van der Waals surface area contributed by atoms with Gasteiger partial charge >= 0.3 is 0 Å². The highest BCUT2D eigenvalue weighted by Gasteiger charge is 1.98. The number of amides is 1. The fourth-order valence-corrected chi connectivity index (χ4v) is 1.37. The van der Waals surface area contributed by atoms with Gasteiger partial charge in [-0.05, 0) is 12.5 Å². The van der Waals surface area contributed by atoms with E-state index in [0.717, 1.165) is 6.42 Å². The molecule has 0 spiro atoms. The summed E-state index contributed by atoms with van der Waals surface area (Å²) in [6.45, 7) is 4.18. The van der Waals surface area contributed by atoms with Gasteiger partial charge in [-0.2, -0.15) is 0 Å². The van der Waals surface area contributed by atoms with Crippen LogP contribution in [0.15, 0.2) is 29.2 Å². The highest BCUT2D eigenvalue weighted by Crippen LogP contribution is 1.80. The molecule has 1 rings (SSSR count). The first-order chi connectivity index (χ1) is 8.24. The zero-order valence-electron chi connectivity index (χ0n) is 10.1. The summed E-state index contributed by atoms with van der Waals surface area (Å²) in [6.07, 6.45) is 2.67. The van der Waals surface area contributed by atoms with Crippen LogP contribution in [0.3, 0.4) is 0 Å². The van der Waals surface area contributed by atoms with Crippen LogP contribution >= 0.6 is 0 Å². The third kappa shape index (κ3) is 5.31. The molecule has 0 saturated heterocycles. The third-order valence-electron chi connectivity index (χ3n) is 2.29. The van der Waals surface area contributed by atoms with E-state index >= 15 is 0 Å². The van der Waals surface area contributed by atoms with Crippen molar-refractivity contribution in [1.29, 1.82) is 0 Å². The molecule has 5 nitrogen and oxygen atoms in total. The second-order valence-corrected chi connectivity index (χ2v) is 3.76. The molecule has 0 fully saturated rings. The zero-order chi connectivity index (χ0) is 12.5. The second-order valence-electron chi connectivity index (χ2n) is 3.76. The highest BCUT2D eigenvalue weighted by atomic mass is 16.2. The van der Waals surface area contributed by atoms with E-state index in [1.807, 2.05) is 13.0 Å². The Hall–Kier alpha value is -1.62. The van der Waals surface area contributed by atoms with Gasteiger partial charge in [0.1, 0.15) is 0 Å². The Morgan fingerprint density at radius 1 is 1.35 bits per heavy atom. The van der Waals surface area contributed by atoms with Crippen LogP contribution in [0.1, 0.15) is 13.3 Å². The summed E-state index contributed by atoms with van der Waals surface area (Å²) in [4.78, 5) is 22.6. The summed E-state index contributed by atoms with van der Waals surface area (Å²) in [7, 11) is 0. The molecule has 0 aliphatic carbocycles. The van der Waals surface area contributed by atoms with Crippen LogP contribution in [0.4, 0.5) is 0 Å². The van der Waals surface area contributed by atoms with Gasteiger partial charge in [0.2, 0.25) is 5.91 Å². The minimum atomic E-state index is -0.0234. The number of aromatic nitrogens is 1. The molecule has 0 atom stereocenters. The topological polar surface area (TPSA) is 63.1 Å². The summed E-state index contributed by atoms with van der Waals surface area (Å²) < 4.78 is 1.61. The number of carbonyl (C=O) groups excluding carboxylic acids is 1. The number of pyridine rings is 1. The van der Waals surface area contributed by atoms with E-state index in [0.29, 0.717) is 26.2 Å². The minimum Gasteiger partial charge on any atom is -0.355 e. The van der Waals surface area contributed by atoms with Crippen molar-refractivity contribution in [3.05, 3.63) is 34.7 Å². The zero-order valence-corrected chi connectivity index (χ0v) is 10.1. The van der Waals surface area contributed by atoms with Crippen LogP contribution in [-0.2, 0) is 11.3 Å². The van der Waals surface area contributed by atoms with Crippen LogP contribution in [0.2, 0.25) is 0 Å². The predicted octanol–water partition coefficient (Wildman–Crippen LogP) is -0.0359. The van der Waals surface area contributed by atoms with E-state index in [9.17, 15) is 9.59 Å². The Bertz CT molecular complexity index is 401. The molecular formula is C12H19N3O2. The van der Waals surface area contributed by atoms with E-state index in [-0.39, 0.29) is 11.5 Å². The maximum atomic E-state index is 11.3. The fourth-order valence-electron chi connectivity index (χ4n) is 1.37. The summed E-state index contributed by atoms with van der Waals surface area (Å²) >= 11 is 0. The minimum absolute atomic E-state index is 0.00717. The van der Waals surface area contributed by atoms with Crippen molar-refractivity contribution in [2.24, 2.45) is 0 Å². The molecule has 5 heteroatoms. The molecule has 94 valence electrons. The van der Waals surface area contributed by atoms with E-state index in [1.165, 1.54) is 6.07 Å².